The van der Waals surface area contributed by atoms with Crippen molar-refractivity contribution in [3.8, 4) is 0 Å². The fraction of sp³-hybridized carbons (Fsp3) is 0.310. The molecule has 2 heterocycles. The van der Waals surface area contributed by atoms with Crippen LogP contribution in [0.4, 0.5) is 8.78 Å². The minimum Gasteiger partial charge on any atom is -0.379 e. The number of likely N-dealkylation sites (tertiary alicyclic amines) is 1. The minimum absolute atomic E-state index is 0.0112. The van der Waals surface area contributed by atoms with E-state index in [4.69, 9.17) is 16.3 Å². The fourth-order valence-corrected chi connectivity index (χ4v) is 6.54. The summed E-state index contributed by atoms with van der Waals surface area (Å²) in [6.45, 7) is 4.88. The standard InChI is InChI=1S/C29H29ClF2N2O3S/c1-38(35,36)29(23-14-26(31)16-27(32)15-23)24-18-34(19-24)28(22-6-8-25(30)9-7-22)21-4-2-20(3-5-21)17-33-10-12-37-13-11-33/h2-9,14-16,28H,10-13,17-19H2,1H3/t28-/m0/s1. The molecule has 5 rings (SSSR count). The van der Waals surface area contributed by atoms with Gasteiger partial charge in [-0.25, -0.2) is 17.2 Å². The zero-order valence-corrected chi connectivity index (χ0v) is 22.6. The van der Waals surface area contributed by atoms with Crippen LogP contribution in [0.1, 0.15) is 28.3 Å². The van der Waals surface area contributed by atoms with E-state index in [-0.39, 0.29) is 16.5 Å². The Hall–Kier alpha value is -2.62. The van der Waals surface area contributed by atoms with Gasteiger partial charge in [0.15, 0.2) is 9.84 Å². The summed E-state index contributed by atoms with van der Waals surface area (Å²) in [6.07, 6.45) is 1.07. The van der Waals surface area contributed by atoms with Crippen molar-refractivity contribution >= 4 is 26.3 Å². The van der Waals surface area contributed by atoms with Gasteiger partial charge >= 0.3 is 0 Å². The molecule has 2 saturated heterocycles. The van der Waals surface area contributed by atoms with Gasteiger partial charge in [0.1, 0.15) is 11.6 Å². The van der Waals surface area contributed by atoms with Gasteiger partial charge in [0, 0.05) is 50.1 Å². The summed E-state index contributed by atoms with van der Waals surface area (Å²) < 4.78 is 58.7. The topological polar surface area (TPSA) is 49.9 Å². The highest BCUT2D eigenvalue weighted by atomic mass is 35.5. The molecular formula is C29H29ClF2N2O3S. The van der Waals surface area contributed by atoms with E-state index in [2.05, 4.69) is 34.1 Å². The third-order valence-corrected chi connectivity index (χ3v) is 8.48. The van der Waals surface area contributed by atoms with Gasteiger partial charge in [0.25, 0.3) is 0 Å². The van der Waals surface area contributed by atoms with Crippen LogP contribution in [0.3, 0.4) is 0 Å². The van der Waals surface area contributed by atoms with E-state index >= 15 is 0 Å². The first-order valence-corrected chi connectivity index (χ1v) is 14.7. The normalized spacial score (nSPS) is 17.7. The molecule has 9 heteroatoms. The van der Waals surface area contributed by atoms with Crippen molar-refractivity contribution in [2.45, 2.75) is 12.6 Å². The third-order valence-electron chi connectivity index (χ3n) is 6.96. The number of ether oxygens (including phenoxy) is 1. The Bertz CT molecular complexity index is 1410. The van der Waals surface area contributed by atoms with Gasteiger partial charge in [-0.3, -0.25) is 9.80 Å². The Balaban J connectivity index is 1.44. The van der Waals surface area contributed by atoms with Gasteiger partial charge in [-0.15, -0.1) is 0 Å². The van der Waals surface area contributed by atoms with Gasteiger partial charge in [0.2, 0.25) is 0 Å². The van der Waals surface area contributed by atoms with Gasteiger partial charge in [0.05, 0.1) is 24.2 Å². The molecule has 3 aromatic carbocycles. The number of hydrogen-bond acceptors (Lipinski definition) is 5. The van der Waals surface area contributed by atoms with Crippen LogP contribution in [0.25, 0.3) is 4.91 Å². The van der Waals surface area contributed by atoms with Crippen LogP contribution in [-0.2, 0) is 21.1 Å². The molecule has 0 spiro atoms. The van der Waals surface area contributed by atoms with E-state index in [1.807, 2.05) is 24.3 Å². The fourth-order valence-electron chi connectivity index (χ4n) is 5.22. The molecule has 0 aliphatic carbocycles. The summed E-state index contributed by atoms with van der Waals surface area (Å²) in [5, 5.41) is 0.630. The highest BCUT2D eigenvalue weighted by Gasteiger charge is 2.35. The Kier molecular flexibility index (Phi) is 7.98. The predicted octanol–water partition coefficient (Wildman–Crippen LogP) is 5.31. The largest absolute Gasteiger partial charge is 0.379 e. The molecule has 0 unspecified atom stereocenters. The molecule has 2 fully saturated rings. The van der Waals surface area contributed by atoms with E-state index in [9.17, 15) is 17.2 Å². The van der Waals surface area contributed by atoms with Crippen LogP contribution >= 0.6 is 11.6 Å². The predicted molar refractivity (Wildman–Crippen MR) is 146 cm³/mol. The number of sulfone groups is 1. The molecule has 2 aliphatic rings. The molecule has 200 valence electrons. The summed E-state index contributed by atoms with van der Waals surface area (Å²) in [7, 11) is -3.73. The van der Waals surface area contributed by atoms with Crippen molar-refractivity contribution < 1.29 is 21.9 Å². The molecule has 0 amide bonds. The van der Waals surface area contributed by atoms with Crippen molar-refractivity contribution in [2.24, 2.45) is 0 Å². The second-order valence-corrected chi connectivity index (χ2v) is 12.2. The van der Waals surface area contributed by atoms with E-state index in [1.54, 1.807) is 0 Å². The highest BCUT2D eigenvalue weighted by molar-refractivity contribution is 8.00. The van der Waals surface area contributed by atoms with Crippen LogP contribution in [0.5, 0.6) is 0 Å². The minimum atomic E-state index is -3.73. The molecule has 0 N–H and O–H groups in total. The maximum atomic E-state index is 13.9. The smallest absolute Gasteiger partial charge is 0.176 e. The number of benzene rings is 3. The SMILES string of the molecule is CS(=O)(=O)C(=C1CN([C@H](c2ccc(Cl)cc2)c2ccc(CN3CCOCC3)cc2)C1)c1cc(F)cc(F)c1. The molecule has 1 atom stereocenters. The number of halogens is 3. The lowest BCUT2D eigenvalue weighted by molar-refractivity contribution is 0.0342. The average Bonchev–Trinajstić information content (AvgIpc) is 2.84. The maximum Gasteiger partial charge on any atom is 0.176 e. The first-order valence-electron chi connectivity index (χ1n) is 12.4. The molecule has 0 bridgehead atoms. The monoisotopic (exact) mass is 558 g/mol. The molecule has 38 heavy (non-hydrogen) atoms. The van der Waals surface area contributed by atoms with Gasteiger partial charge in [-0.2, -0.15) is 0 Å². The Morgan fingerprint density at radius 3 is 2.03 bits per heavy atom. The zero-order chi connectivity index (χ0) is 26.9. The average molecular weight is 559 g/mol. The van der Waals surface area contributed by atoms with Crippen molar-refractivity contribution in [1.82, 2.24) is 9.80 Å². The number of nitrogens with zero attached hydrogens (tertiary/aromatic N) is 2. The second-order valence-electron chi connectivity index (χ2n) is 9.85. The van der Waals surface area contributed by atoms with Crippen LogP contribution in [0.15, 0.2) is 72.3 Å². The number of rotatable bonds is 7. The highest BCUT2D eigenvalue weighted by Crippen LogP contribution is 2.38. The summed E-state index contributed by atoms with van der Waals surface area (Å²) in [5.41, 5.74) is 3.96. The molecule has 3 aromatic rings. The number of morpholine rings is 1. The lowest BCUT2D eigenvalue weighted by atomic mass is 9.91. The summed E-state index contributed by atoms with van der Waals surface area (Å²) in [6, 6.07) is 18.8. The maximum absolute atomic E-state index is 13.9. The number of hydrogen-bond donors (Lipinski definition) is 0. The Morgan fingerprint density at radius 1 is 0.921 bits per heavy atom. The Morgan fingerprint density at radius 2 is 1.47 bits per heavy atom. The van der Waals surface area contributed by atoms with Gasteiger partial charge in [-0.1, -0.05) is 48.0 Å². The summed E-state index contributed by atoms with van der Waals surface area (Å²) in [5.74, 6) is -1.62. The lowest BCUT2D eigenvalue weighted by Crippen LogP contribution is -2.44. The molecule has 0 aromatic heterocycles. The molecular weight excluding hydrogens is 530 g/mol. The van der Waals surface area contributed by atoms with E-state index < -0.39 is 21.5 Å². The van der Waals surface area contributed by atoms with Crippen molar-refractivity contribution in [1.29, 1.82) is 0 Å². The van der Waals surface area contributed by atoms with Crippen LogP contribution in [-0.4, -0.2) is 63.9 Å². The lowest BCUT2D eigenvalue weighted by Gasteiger charge is -2.42. The summed E-state index contributed by atoms with van der Waals surface area (Å²) >= 11 is 6.15. The van der Waals surface area contributed by atoms with Crippen LogP contribution < -0.4 is 0 Å². The molecule has 0 saturated carbocycles. The van der Waals surface area contributed by atoms with Gasteiger partial charge < -0.3 is 4.74 Å². The zero-order valence-electron chi connectivity index (χ0n) is 21.0. The third kappa shape index (κ3) is 6.16. The molecule has 0 radical (unpaired) electrons. The van der Waals surface area contributed by atoms with Crippen molar-refractivity contribution in [3.05, 3.63) is 111 Å². The Labute approximate surface area is 227 Å². The quantitative estimate of drug-likeness (QED) is 0.393. The van der Waals surface area contributed by atoms with E-state index in [0.717, 1.165) is 68.4 Å². The van der Waals surface area contributed by atoms with E-state index in [0.29, 0.717) is 23.7 Å². The van der Waals surface area contributed by atoms with Gasteiger partial charge in [-0.05, 0) is 52.1 Å². The molecule has 5 nitrogen and oxygen atoms in total. The second kappa shape index (κ2) is 11.2. The van der Waals surface area contributed by atoms with E-state index in [1.165, 1.54) is 5.56 Å². The van der Waals surface area contributed by atoms with Crippen molar-refractivity contribution in [2.75, 3.05) is 45.6 Å². The first kappa shape index (κ1) is 27.0. The first-order chi connectivity index (χ1) is 18.2. The van der Waals surface area contributed by atoms with Crippen LogP contribution in [0.2, 0.25) is 5.02 Å². The summed E-state index contributed by atoms with van der Waals surface area (Å²) in [4.78, 5) is 4.50. The van der Waals surface area contributed by atoms with Crippen molar-refractivity contribution in [3.63, 3.8) is 0 Å². The van der Waals surface area contributed by atoms with Crippen LogP contribution in [0, 0.1) is 11.6 Å². The molecule has 2 aliphatic heterocycles.